The summed E-state index contributed by atoms with van der Waals surface area (Å²) in [5.74, 6) is -0.110. The molecule has 0 spiro atoms. The minimum absolute atomic E-state index is 0.110. The molecule has 1 aromatic rings. The first-order valence-electron chi connectivity index (χ1n) is 8.12. The van der Waals surface area contributed by atoms with E-state index in [1.165, 1.54) is 0 Å². The van der Waals surface area contributed by atoms with Gasteiger partial charge in [0.1, 0.15) is 0 Å². The minimum Gasteiger partial charge on any atom is -0.399 e. The van der Waals surface area contributed by atoms with Crippen LogP contribution in [0.1, 0.15) is 37.6 Å². The van der Waals surface area contributed by atoms with Gasteiger partial charge in [-0.05, 0) is 51.5 Å². The van der Waals surface area contributed by atoms with Crippen molar-refractivity contribution in [3.63, 3.8) is 0 Å². The van der Waals surface area contributed by atoms with Gasteiger partial charge in [0.25, 0.3) is 5.91 Å². The number of carbonyl (C=O) groups is 1. The number of hydrogen-bond acceptors (Lipinski definition) is 5. The number of carbonyl (C=O) groups excluding carboxylic acids is 1. The van der Waals surface area contributed by atoms with Crippen LogP contribution in [0.5, 0.6) is 0 Å². The number of hydrogen-bond donors (Lipinski definition) is 2. The number of rotatable bonds is 11. The van der Waals surface area contributed by atoms with E-state index in [0.29, 0.717) is 43.7 Å². The van der Waals surface area contributed by atoms with E-state index in [2.05, 4.69) is 5.32 Å². The number of nitrogens with two attached hydrogens (primary N) is 1. The van der Waals surface area contributed by atoms with Gasteiger partial charge in [-0.25, -0.2) is 0 Å². The highest BCUT2D eigenvalue weighted by Gasteiger charge is 2.39. The lowest BCUT2D eigenvalue weighted by atomic mass is 10.2. The molecule has 0 unspecified atom stereocenters. The van der Waals surface area contributed by atoms with Gasteiger partial charge in [-0.2, -0.15) is 0 Å². The molecule has 130 valence electrons. The maximum Gasteiger partial charge on any atom is 0.500 e. The summed E-state index contributed by atoms with van der Waals surface area (Å²) in [4.78, 5) is 12.0. The summed E-state index contributed by atoms with van der Waals surface area (Å²) in [5.41, 5.74) is 6.85. The molecule has 0 heterocycles. The molecular weight excluding hydrogens is 312 g/mol. The van der Waals surface area contributed by atoms with Crippen molar-refractivity contribution in [1.29, 1.82) is 0 Å². The van der Waals surface area contributed by atoms with Crippen molar-refractivity contribution < 1.29 is 18.1 Å². The van der Waals surface area contributed by atoms with Crippen LogP contribution in [0.4, 0.5) is 5.69 Å². The highest BCUT2D eigenvalue weighted by molar-refractivity contribution is 6.60. The summed E-state index contributed by atoms with van der Waals surface area (Å²) in [6.07, 6.45) is 0.743. The SMILES string of the molecule is CCO[Si](CCCNC(=O)c1ccc(N)cc1)(OCC)OCC. The molecule has 0 atom stereocenters. The molecule has 0 fully saturated rings. The summed E-state index contributed by atoms with van der Waals surface area (Å²) < 4.78 is 17.3. The van der Waals surface area contributed by atoms with E-state index in [0.717, 1.165) is 6.42 Å². The number of amides is 1. The Morgan fingerprint density at radius 1 is 1.04 bits per heavy atom. The maximum absolute atomic E-state index is 12.0. The number of benzene rings is 1. The Hall–Kier alpha value is -1.41. The molecule has 0 radical (unpaired) electrons. The van der Waals surface area contributed by atoms with Crippen LogP contribution in [0.3, 0.4) is 0 Å². The molecule has 0 saturated heterocycles. The third-order valence-electron chi connectivity index (χ3n) is 3.21. The first-order chi connectivity index (χ1) is 11.1. The summed E-state index contributed by atoms with van der Waals surface area (Å²) >= 11 is 0. The van der Waals surface area contributed by atoms with Crippen molar-refractivity contribution >= 4 is 20.4 Å². The maximum atomic E-state index is 12.0. The normalized spacial score (nSPS) is 11.4. The molecule has 0 bridgehead atoms. The first-order valence-corrected chi connectivity index (χ1v) is 10.1. The molecule has 1 rings (SSSR count). The van der Waals surface area contributed by atoms with Gasteiger partial charge < -0.3 is 24.3 Å². The van der Waals surface area contributed by atoms with E-state index in [4.69, 9.17) is 19.0 Å². The Kier molecular flexibility index (Phi) is 8.86. The van der Waals surface area contributed by atoms with Crippen LogP contribution in [0.25, 0.3) is 0 Å². The standard InChI is InChI=1S/C16H28N2O4Si/c1-4-20-23(21-5-2,22-6-3)13-7-12-18-16(19)14-8-10-15(17)11-9-14/h8-11H,4-7,12-13,17H2,1-3H3,(H,18,19). The summed E-state index contributed by atoms with van der Waals surface area (Å²) in [6, 6.07) is 7.54. The smallest absolute Gasteiger partial charge is 0.399 e. The second-order valence-electron chi connectivity index (χ2n) is 4.96. The van der Waals surface area contributed by atoms with Crippen molar-refractivity contribution in [2.45, 2.75) is 33.2 Å². The molecule has 23 heavy (non-hydrogen) atoms. The average Bonchev–Trinajstić information content (AvgIpc) is 2.53. The largest absolute Gasteiger partial charge is 0.500 e. The molecule has 0 aliphatic heterocycles. The molecule has 0 saturated carbocycles. The fourth-order valence-corrected chi connectivity index (χ4v) is 4.86. The van der Waals surface area contributed by atoms with Crippen molar-refractivity contribution in [3.05, 3.63) is 29.8 Å². The fraction of sp³-hybridized carbons (Fsp3) is 0.562. The Morgan fingerprint density at radius 3 is 2.04 bits per heavy atom. The van der Waals surface area contributed by atoms with Gasteiger partial charge in [-0.15, -0.1) is 0 Å². The summed E-state index contributed by atoms with van der Waals surface area (Å²) in [7, 11) is -2.62. The predicted molar refractivity (Wildman–Crippen MR) is 93.2 cm³/mol. The Balaban J connectivity index is 2.46. The molecule has 6 nitrogen and oxygen atoms in total. The number of nitrogens with one attached hydrogen (secondary N) is 1. The zero-order valence-electron chi connectivity index (χ0n) is 14.3. The zero-order valence-corrected chi connectivity index (χ0v) is 15.3. The topological polar surface area (TPSA) is 82.8 Å². The Labute approximate surface area is 139 Å². The van der Waals surface area contributed by atoms with E-state index in [1.807, 2.05) is 20.8 Å². The Morgan fingerprint density at radius 2 is 1.57 bits per heavy atom. The van der Waals surface area contributed by atoms with Gasteiger partial charge in [-0.3, -0.25) is 4.79 Å². The summed E-state index contributed by atoms with van der Waals surface area (Å²) in [6.45, 7) is 8.03. The first kappa shape index (κ1) is 19.6. The lowest BCUT2D eigenvalue weighted by molar-refractivity contribution is 0.0705. The third kappa shape index (κ3) is 6.70. The molecule has 3 N–H and O–H groups in total. The van der Waals surface area contributed by atoms with Gasteiger partial charge in [0, 0.05) is 43.7 Å². The minimum atomic E-state index is -2.62. The van der Waals surface area contributed by atoms with E-state index in [9.17, 15) is 4.79 Å². The monoisotopic (exact) mass is 340 g/mol. The van der Waals surface area contributed by atoms with Gasteiger partial charge in [0.05, 0.1) is 0 Å². The van der Waals surface area contributed by atoms with Gasteiger partial charge >= 0.3 is 8.80 Å². The van der Waals surface area contributed by atoms with Gasteiger partial charge in [-0.1, -0.05) is 0 Å². The predicted octanol–water partition coefficient (Wildman–Crippen LogP) is 2.44. The second-order valence-corrected chi connectivity index (χ2v) is 7.70. The molecule has 0 aliphatic rings. The van der Waals surface area contributed by atoms with Crippen LogP contribution in [-0.4, -0.2) is 41.1 Å². The lowest BCUT2D eigenvalue weighted by Crippen LogP contribution is -2.46. The fourth-order valence-electron chi connectivity index (χ4n) is 2.24. The van der Waals surface area contributed by atoms with Crippen molar-refractivity contribution in [2.24, 2.45) is 0 Å². The molecule has 0 aliphatic carbocycles. The van der Waals surface area contributed by atoms with Gasteiger partial charge in [0.15, 0.2) is 0 Å². The molecule has 0 aromatic heterocycles. The van der Waals surface area contributed by atoms with E-state index >= 15 is 0 Å². The summed E-state index contributed by atoms with van der Waals surface area (Å²) in [5, 5.41) is 2.89. The van der Waals surface area contributed by atoms with Crippen LogP contribution in [0.2, 0.25) is 6.04 Å². The van der Waals surface area contributed by atoms with Crippen LogP contribution >= 0.6 is 0 Å². The van der Waals surface area contributed by atoms with Crippen LogP contribution in [0.15, 0.2) is 24.3 Å². The van der Waals surface area contributed by atoms with Crippen LogP contribution < -0.4 is 11.1 Å². The van der Waals surface area contributed by atoms with E-state index in [1.54, 1.807) is 24.3 Å². The van der Waals surface area contributed by atoms with Crippen molar-refractivity contribution in [3.8, 4) is 0 Å². The average molecular weight is 340 g/mol. The van der Waals surface area contributed by atoms with Gasteiger partial charge in [0.2, 0.25) is 0 Å². The number of nitrogen functional groups attached to an aromatic ring is 1. The molecule has 7 heteroatoms. The Bertz CT molecular complexity index is 451. The third-order valence-corrected chi connectivity index (χ3v) is 6.36. The molecule has 1 amide bonds. The molecule has 1 aromatic carbocycles. The van der Waals surface area contributed by atoms with E-state index in [-0.39, 0.29) is 5.91 Å². The van der Waals surface area contributed by atoms with E-state index < -0.39 is 8.80 Å². The second kappa shape index (κ2) is 10.4. The van der Waals surface area contributed by atoms with Crippen molar-refractivity contribution in [2.75, 3.05) is 32.1 Å². The highest BCUT2D eigenvalue weighted by Crippen LogP contribution is 2.17. The molecular formula is C16H28N2O4Si. The quantitative estimate of drug-likeness (QED) is 0.367. The number of anilines is 1. The van der Waals surface area contributed by atoms with Crippen LogP contribution in [0, 0.1) is 0 Å². The lowest BCUT2D eigenvalue weighted by Gasteiger charge is -2.28. The zero-order chi connectivity index (χ0) is 17.1. The van der Waals surface area contributed by atoms with Crippen LogP contribution in [-0.2, 0) is 13.3 Å². The van der Waals surface area contributed by atoms with Crippen molar-refractivity contribution in [1.82, 2.24) is 5.32 Å². The highest BCUT2D eigenvalue weighted by atomic mass is 28.4.